The van der Waals surface area contributed by atoms with Crippen molar-refractivity contribution in [3.8, 4) is 0 Å². The van der Waals surface area contributed by atoms with Crippen LogP contribution in [0.4, 0.5) is 14.6 Å². The van der Waals surface area contributed by atoms with Gasteiger partial charge in [-0.05, 0) is 31.3 Å². The summed E-state index contributed by atoms with van der Waals surface area (Å²) < 4.78 is 25.5. The summed E-state index contributed by atoms with van der Waals surface area (Å²) in [6.07, 6.45) is 2.19. The smallest absolute Gasteiger partial charge is 0.283 e. The standard InChI is InChI=1S/C12H18F2N4/c1-12(2-4-15-5-3-12)8-18-11-9(10(13)14)16-6-7-17-11/h6-7,10,15H,2-5,8H2,1H3,(H,17,18). The minimum Gasteiger partial charge on any atom is -0.368 e. The molecule has 0 saturated carbocycles. The number of hydrogen-bond acceptors (Lipinski definition) is 4. The van der Waals surface area contributed by atoms with Gasteiger partial charge in [-0.15, -0.1) is 0 Å². The third-order valence-electron chi connectivity index (χ3n) is 3.43. The molecule has 1 aliphatic heterocycles. The van der Waals surface area contributed by atoms with E-state index < -0.39 is 6.43 Å². The molecular formula is C12H18F2N4. The summed E-state index contributed by atoms with van der Waals surface area (Å²) in [6, 6.07) is 0. The van der Waals surface area contributed by atoms with E-state index in [4.69, 9.17) is 0 Å². The molecule has 0 unspecified atom stereocenters. The molecule has 1 aromatic heterocycles. The molecule has 1 aromatic rings. The fourth-order valence-corrected chi connectivity index (χ4v) is 2.15. The summed E-state index contributed by atoms with van der Waals surface area (Å²) in [5, 5.41) is 6.32. The number of alkyl halides is 2. The highest BCUT2D eigenvalue weighted by molar-refractivity contribution is 5.40. The van der Waals surface area contributed by atoms with Gasteiger partial charge in [0.1, 0.15) is 5.69 Å². The molecule has 18 heavy (non-hydrogen) atoms. The number of halogens is 2. The SMILES string of the molecule is CC1(CNc2nccnc2C(F)F)CCNCC1. The van der Waals surface area contributed by atoms with E-state index in [1.165, 1.54) is 12.4 Å². The number of aromatic nitrogens is 2. The van der Waals surface area contributed by atoms with Gasteiger partial charge >= 0.3 is 0 Å². The number of nitrogens with one attached hydrogen (secondary N) is 2. The third-order valence-corrected chi connectivity index (χ3v) is 3.43. The van der Waals surface area contributed by atoms with Gasteiger partial charge in [0.2, 0.25) is 0 Å². The molecule has 0 amide bonds. The number of nitrogens with zero attached hydrogens (tertiary/aromatic N) is 2. The zero-order chi connectivity index (χ0) is 13.0. The zero-order valence-corrected chi connectivity index (χ0v) is 10.4. The van der Waals surface area contributed by atoms with Crippen LogP contribution in [0, 0.1) is 5.41 Å². The molecule has 100 valence electrons. The predicted molar refractivity (Wildman–Crippen MR) is 65.7 cm³/mol. The highest BCUT2D eigenvalue weighted by Gasteiger charge is 2.27. The van der Waals surface area contributed by atoms with E-state index in [1.807, 2.05) is 0 Å². The Morgan fingerprint density at radius 2 is 2.00 bits per heavy atom. The second-order valence-corrected chi connectivity index (χ2v) is 5.01. The first kappa shape index (κ1) is 13.1. The van der Waals surface area contributed by atoms with E-state index in [9.17, 15) is 8.78 Å². The monoisotopic (exact) mass is 256 g/mol. The fraction of sp³-hybridized carbons (Fsp3) is 0.667. The van der Waals surface area contributed by atoms with Crippen molar-refractivity contribution in [3.05, 3.63) is 18.1 Å². The lowest BCUT2D eigenvalue weighted by molar-refractivity contribution is 0.146. The van der Waals surface area contributed by atoms with Gasteiger partial charge in [0, 0.05) is 18.9 Å². The van der Waals surface area contributed by atoms with Gasteiger partial charge in [-0.2, -0.15) is 0 Å². The quantitative estimate of drug-likeness (QED) is 0.867. The first-order valence-corrected chi connectivity index (χ1v) is 6.14. The van der Waals surface area contributed by atoms with E-state index in [2.05, 4.69) is 27.5 Å². The molecule has 1 aliphatic rings. The van der Waals surface area contributed by atoms with Crippen LogP contribution in [0.1, 0.15) is 31.9 Å². The molecule has 2 N–H and O–H groups in total. The normalized spacial score (nSPS) is 18.9. The van der Waals surface area contributed by atoms with E-state index >= 15 is 0 Å². The molecule has 4 nitrogen and oxygen atoms in total. The fourth-order valence-electron chi connectivity index (χ4n) is 2.15. The summed E-state index contributed by atoms with van der Waals surface area (Å²) >= 11 is 0. The number of anilines is 1. The Kier molecular flexibility index (Phi) is 4.06. The van der Waals surface area contributed by atoms with Crippen LogP contribution in [0.25, 0.3) is 0 Å². The molecule has 0 bridgehead atoms. The largest absolute Gasteiger partial charge is 0.368 e. The molecule has 6 heteroatoms. The third kappa shape index (κ3) is 3.13. The molecule has 2 rings (SSSR count). The van der Waals surface area contributed by atoms with E-state index in [0.29, 0.717) is 6.54 Å². The topological polar surface area (TPSA) is 49.8 Å². The van der Waals surface area contributed by atoms with E-state index in [-0.39, 0.29) is 16.9 Å². The van der Waals surface area contributed by atoms with Gasteiger partial charge in [-0.25, -0.2) is 18.7 Å². The second kappa shape index (κ2) is 5.56. The van der Waals surface area contributed by atoms with Crippen molar-refractivity contribution in [2.75, 3.05) is 25.0 Å². The molecular weight excluding hydrogens is 238 g/mol. The Hall–Kier alpha value is -1.30. The Bertz CT molecular complexity index is 391. The number of rotatable bonds is 4. The summed E-state index contributed by atoms with van der Waals surface area (Å²) in [6.45, 7) is 4.76. The first-order valence-electron chi connectivity index (χ1n) is 6.14. The predicted octanol–water partition coefficient (Wildman–Crippen LogP) is 2.22. The molecule has 0 atom stereocenters. The van der Waals surface area contributed by atoms with Crippen LogP contribution in [0.15, 0.2) is 12.4 Å². The summed E-state index contributed by atoms with van der Waals surface area (Å²) in [7, 11) is 0. The van der Waals surface area contributed by atoms with Gasteiger partial charge in [0.05, 0.1) is 0 Å². The van der Waals surface area contributed by atoms with Gasteiger partial charge < -0.3 is 10.6 Å². The van der Waals surface area contributed by atoms with Gasteiger partial charge in [-0.3, -0.25) is 0 Å². The minimum absolute atomic E-state index is 0.127. The molecule has 1 saturated heterocycles. The second-order valence-electron chi connectivity index (χ2n) is 5.01. The average molecular weight is 256 g/mol. The van der Waals surface area contributed by atoms with Crippen LogP contribution < -0.4 is 10.6 Å². The highest BCUT2D eigenvalue weighted by Crippen LogP contribution is 2.29. The van der Waals surface area contributed by atoms with Gasteiger partial charge in [0.25, 0.3) is 6.43 Å². The van der Waals surface area contributed by atoms with Gasteiger partial charge in [0.15, 0.2) is 5.82 Å². The van der Waals surface area contributed by atoms with Crippen LogP contribution >= 0.6 is 0 Å². The van der Waals surface area contributed by atoms with Crippen molar-refractivity contribution in [1.82, 2.24) is 15.3 Å². The van der Waals surface area contributed by atoms with Crippen molar-refractivity contribution in [1.29, 1.82) is 0 Å². The summed E-state index contributed by atoms with van der Waals surface area (Å²) in [5.74, 6) is 0.201. The maximum absolute atomic E-state index is 12.7. The van der Waals surface area contributed by atoms with E-state index in [0.717, 1.165) is 25.9 Å². The minimum atomic E-state index is -2.60. The van der Waals surface area contributed by atoms with Crippen molar-refractivity contribution in [2.45, 2.75) is 26.2 Å². The highest BCUT2D eigenvalue weighted by atomic mass is 19.3. The molecule has 2 heterocycles. The van der Waals surface area contributed by atoms with Crippen LogP contribution in [0.2, 0.25) is 0 Å². The van der Waals surface area contributed by atoms with Crippen LogP contribution in [-0.4, -0.2) is 29.6 Å². The molecule has 0 aliphatic carbocycles. The van der Waals surface area contributed by atoms with Crippen molar-refractivity contribution >= 4 is 5.82 Å². The summed E-state index contributed by atoms with van der Waals surface area (Å²) in [5.41, 5.74) is -0.141. The van der Waals surface area contributed by atoms with Gasteiger partial charge in [-0.1, -0.05) is 6.92 Å². The molecule has 1 fully saturated rings. The zero-order valence-electron chi connectivity index (χ0n) is 10.4. The Labute approximate surface area is 105 Å². The average Bonchev–Trinajstić information content (AvgIpc) is 2.38. The summed E-state index contributed by atoms with van der Waals surface area (Å²) in [4.78, 5) is 7.62. The molecule has 0 spiro atoms. The Morgan fingerprint density at radius 1 is 1.33 bits per heavy atom. The molecule has 0 aromatic carbocycles. The lowest BCUT2D eigenvalue weighted by Gasteiger charge is -2.34. The Balaban J connectivity index is 2.01. The lowest BCUT2D eigenvalue weighted by Crippen LogP contribution is -2.39. The molecule has 0 radical (unpaired) electrons. The maximum Gasteiger partial charge on any atom is 0.283 e. The van der Waals surface area contributed by atoms with Crippen molar-refractivity contribution < 1.29 is 8.78 Å². The van der Waals surface area contributed by atoms with Crippen molar-refractivity contribution in [2.24, 2.45) is 5.41 Å². The van der Waals surface area contributed by atoms with E-state index in [1.54, 1.807) is 0 Å². The van der Waals surface area contributed by atoms with Crippen molar-refractivity contribution in [3.63, 3.8) is 0 Å². The lowest BCUT2D eigenvalue weighted by atomic mass is 9.81. The van der Waals surface area contributed by atoms with Crippen LogP contribution in [-0.2, 0) is 0 Å². The van der Waals surface area contributed by atoms with Crippen LogP contribution in [0.3, 0.4) is 0 Å². The maximum atomic E-state index is 12.7. The number of hydrogen-bond donors (Lipinski definition) is 2. The van der Waals surface area contributed by atoms with Crippen LogP contribution in [0.5, 0.6) is 0 Å². The Morgan fingerprint density at radius 3 is 2.67 bits per heavy atom. The first-order chi connectivity index (χ1) is 8.61. The number of piperidine rings is 1.